The predicted octanol–water partition coefficient (Wildman–Crippen LogP) is 2.92. The first kappa shape index (κ1) is 21.3. The van der Waals surface area contributed by atoms with Crippen LogP contribution >= 0.6 is 0 Å². The Hall–Kier alpha value is -4.90. The standard InChI is InChI=1S/C22H16F2N8O/c23-14-4-2-1-3-12(14)9-33-16-6-5-11(7-15(16)24)19-17-18(27)13(8-25)20(28)31-21(17)32-22(30-19)29-10-26/h1-7,19H,9H2,(H6,27,28,29,30,31,32). The van der Waals surface area contributed by atoms with E-state index in [1.54, 1.807) is 30.5 Å². The summed E-state index contributed by atoms with van der Waals surface area (Å²) >= 11 is 0. The number of hydrogen-bond acceptors (Lipinski definition) is 9. The predicted molar refractivity (Wildman–Crippen MR) is 117 cm³/mol. The topological polar surface area (TPSA) is 158 Å². The van der Waals surface area contributed by atoms with Crippen molar-refractivity contribution in [1.82, 2.24) is 10.3 Å². The lowest BCUT2D eigenvalue weighted by Gasteiger charge is -2.26. The fraction of sp³-hybridized carbons (Fsp3) is 0.0909. The molecule has 2 aromatic carbocycles. The number of hydrogen-bond donors (Lipinski definition) is 4. The number of nitrogens with two attached hydrogens (primary N) is 2. The van der Waals surface area contributed by atoms with Crippen molar-refractivity contribution in [3.8, 4) is 18.0 Å². The molecular formula is C22H16F2N8O. The van der Waals surface area contributed by atoms with Crippen LogP contribution in [0.25, 0.3) is 0 Å². The summed E-state index contributed by atoms with van der Waals surface area (Å²) in [6.45, 7) is -0.158. The van der Waals surface area contributed by atoms with Crippen molar-refractivity contribution in [2.24, 2.45) is 4.99 Å². The van der Waals surface area contributed by atoms with Crippen molar-refractivity contribution in [2.45, 2.75) is 12.6 Å². The Labute approximate surface area is 186 Å². The normalized spacial score (nSPS) is 14.2. The number of guanidine groups is 1. The minimum atomic E-state index is -0.896. The van der Waals surface area contributed by atoms with E-state index in [-0.39, 0.29) is 46.8 Å². The first-order chi connectivity index (χ1) is 15.9. The quantitative estimate of drug-likeness (QED) is 0.352. The van der Waals surface area contributed by atoms with Gasteiger partial charge in [-0.3, -0.25) is 5.32 Å². The molecule has 0 saturated carbocycles. The second-order valence-electron chi connectivity index (χ2n) is 6.97. The zero-order valence-corrected chi connectivity index (χ0v) is 16.9. The van der Waals surface area contributed by atoms with Gasteiger partial charge in [-0.25, -0.2) is 18.8 Å². The number of benzene rings is 2. The maximum Gasteiger partial charge on any atom is 0.211 e. The van der Waals surface area contributed by atoms with Crippen LogP contribution in [0.2, 0.25) is 0 Å². The zero-order valence-electron chi connectivity index (χ0n) is 16.9. The van der Waals surface area contributed by atoms with Crippen LogP contribution in [0.15, 0.2) is 47.5 Å². The fourth-order valence-corrected chi connectivity index (χ4v) is 3.40. The second kappa shape index (κ2) is 8.69. The number of aromatic nitrogens is 1. The summed E-state index contributed by atoms with van der Waals surface area (Å²) in [5, 5.41) is 23.5. The number of nitrogens with one attached hydrogen (secondary N) is 2. The summed E-state index contributed by atoms with van der Waals surface area (Å²) in [5.74, 6) is -1.12. The minimum absolute atomic E-state index is 0.0299. The van der Waals surface area contributed by atoms with Crippen LogP contribution < -0.4 is 26.8 Å². The molecule has 1 aromatic heterocycles. The van der Waals surface area contributed by atoms with Gasteiger partial charge in [-0.05, 0) is 23.8 Å². The summed E-state index contributed by atoms with van der Waals surface area (Å²) < 4.78 is 34.1. The van der Waals surface area contributed by atoms with E-state index in [1.807, 2.05) is 6.07 Å². The van der Waals surface area contributed by atoms with Gasteiger partial charge in [0.25, 0.3) is 0 Å². The highest BCUT2D eigenvalue weighted by Crippen LogP contribution is 2.41. The largest absolute Gasteiger partial charge is 0.486 e. The van der Waals surface area contributed by atoms with Crippen LogP contribution in [-0.2, 0) is 6.61 Å². The smallest absolute Gasteiger partial charge is 0.211 e. The maximum absolute atomic E-state index is 14.9. The van der Waals surface area contributed by atoms with E-state index in [0.717, 1.165) is 0 Å². The van der Waals surface area contributed by atoms with Gasteiger partial charge < -0.3 is 21.5 Å². The third kappa shape index (κ3) is 4.03. The van der Waals surface area contributed by atoms with Gasteiger partial charge in [-0.15, -0.1) is 0 Å². The summed E-state index contributed by atoms with van der Waals surface area (Å²) in [6.07, 6.45) is 1.74. The molecule has 1 atom stereocenters. The van der Waals surface area contributed by atoms with E-state index in [4.69, 9.17) is 21.5 Å². The van der Waals surface area contributed by atoms with Crippen molar-refractivity contribution >= 4 is 23.3 Å². The lowest BCUT2D eigenvalue weighted by Crippen LogP contribution is -2.32. The van der Waals surface area contributed by atoms with Gasteiger partial charge in [0, 0.05) is 11.1 Å². The SMILES string of the molecule is N#CNC1=NC(c2ccc(OCc3ccccc3F)c(F)c2)c2c(nc(N)c(C#N)c2N)N1. The van der Waals surface area contributed by atoms with Gasteiger partial charge in [0.1, 0.15) is 41.7 Å². The van der Waals surface area contributed by atoms with Gasteiger partial charge in [-0.1, -0.05) is 24.3 Å². The van der Waals surface area contributed by atoms with Gasteiger partial charge in [-0.2, -0.15) is 10.5 Å². The Bertz CT molecular complexity index is 1360. The summed E-state index contributed by atoms with van der Waals surface area (Å²) in [5.41, 5.74) is 12.9. The first-order valence-corrected chi connectivity index (χ1v) is 9.57. The molecule has 11 heteroatoms. The molecule has 1 aliphatic heterocycles. The Balaban J connectivity index is 1.71. The maximum atomic E-state index is 14.9. The van der Waals surface area contributed by atoms with Crippen molar-refractivity contribution < 1.29 is 13.5 Å². The monoisotopic (exact) mass is 446 g/mol. The van der Waals surface area contributed by atoms with Crippen molar-refractivity contribution in [3.05, 3.63) is 76.4 Å². The number of fused-ring (bicyclic) bond motifs is 1. The van der Waals surface area contributed by atoms with Crippen LogP contribution in [0.4, 0.5) is 26.1 Å². The van der Waals surface area contributed by atoms with E-state index in [9.17, 15) is 14.0 Å². The number of ether oxygens (including phenoxy) is 1. The zero-order chi connectivity index (χ0) is 23.5. The number of nitrogens with zero attached hydrogens (tertiary/aromatic N) is 4. The molecule has 0 fully saturated rings. The summed E-state index contributed by atoms with van der Waals surface area (Å²) in [7, 11) is 0. The van der Waals surface area contributed by atoms with Crippen molar-refractivity contribution in [3.63, 3.8) is 0 Å². The molecular weight excluding hydrogens is 430 g/mol. The molecule has 164 valence electrons. The number of halogens is 2. The van der Waals surface area contributed by atoms with E-state index in [0.29, 0.717) is 11.1 Å². The molecule has 0 amide bonds. The van der Waals surface area contributed by atoms with Gasteiger partial charge in [0.05, 0.1) is 5.69 Å². The Kier molecular flexibility index (Phi) is 5.62. The Morgan fingerprint density at radius 1 is 1.12 bits per heavy atom. The molecule has 4 rings (SSSR count). The number of rotatable bonds is 4. The minimum Gasteiger partial charge on any atom is -0.486 e. The highest BCUT2D eigenvalue weighted by molar-refractivity contribution is 5.98. The van der Waals surface area contributed by atoms with Gasteiger partial charge in [0.15, 0.2) is 17.8 Å². The number of nitrogen functional groups attached to an aromatic ring is 2. The third-order valence-electron chi connectivity index (χ3n) is 4.97. The highest BCUT2D eigenvalue weighted by atomic mass is 19.1. The third-order valence-corrected chi connectivity index (χ3v) is 4.97. The molecule has 0 radical (unpaired) electrons. The van der Waals surface area contributed by atoms with Gasteiger partial charge >= 0.3 is 0 Å². The molecule has 0 saturated heterocycles. The van der Waals surface area contributed by atoms with Crippen LogP contribution in [0.5, 0.6) is 5.75 Å². The Morgan fingerprint density at radius 3 is 2.61 bits per heavy atom. The van der Waals surface area contributed by atoms with Crippen molar-refractivity contribution in [1.29, 1.82) is 10.5 Å². The molecule has 0 bridgehead atoms. The summed E-state index contributed by atoms with van der Waals surface area (Å²) in [4.78, 5) is 8.51. The number of anilines is 3. The number of nitriles is 2. The van der Waals surface area contributed by atoms with Crippen LogP contribution in [0.1, 0.15) is 28.3 Å². The molecule has 6 N–H and O–H groups in total. The molecule has 2 heterocycles. The average Bonchev–Trinajstić information content (AvgIpc) is 2.79. The summed E-state index contributed by atoms with van der Waals surface area (Å²) in [6, 6.07) is 11.2. The van der Waals surface area contributed by atoms with Crippen LogP contribution in [-0.4, -0.2) is 10.9 Å². The highest BCUT2D eigenvalue weighted by Gasteiger charge is 2.30. The molecule has 33 heavy (non-hydrogen) atoms. The lowest BCUT2D eigenvalue weighted by atomic mass is 9.95. The van der Waals surface area contributed by atoms with E-state index < -0.39 is 17.7 Å². The van der Waals surface area contributed by atoms with Crippen molar-refractivity contribution in [2.75, 3.05) is 16.8 Å². The van der Waals surface area contributed by atoms with Gasteiger partial charge in [0.2, 0.25) is 5.96 Å². The molecule has 1 aliphatic rings. The molecule has 0 aliphatic carbocycles. The van der Waals surface area contributed by atoms with Crippen LogP contribution in [0.3, 0.4) is 0 Å². The fourth-order valence-electron chi connectivity index (χ4n) is 3.40. The van der Waals surface area contributed by atoms with E-state index in [2.05, 4.69) is 20.6 Å². The molecule has 0 spiro atoms. The molecule has 9 nitrogen and oxygen atoms in total. The number of pyridine rings is 1. The second-order valence-corrected chi connectivity index (χ2v) is 6.97. The van der Waals surface area contributed by atoms with E-state index in [1.165, 1.54) is 18.2 Å². The average molecular weight is 446 g/mol. The van der Waals surface area contributed by atoms with E-state index >= 15 is 0 Å². The number of aliphatic imine (C=N–C) groups is 1. The lowest BCUT2D eigenvalue weighted by molar-refractivity contribution is 0.284. The Morgan fingerprint density at radius 2 is 1.91 bits per heavy atom. The molecule has 3 aromatic rings. The van der Waals surface area contributed by atoms with Crippen LogP contribution in [0, 0.1) is 34.4 Å². The molecule has 1 unspecified atom stereocenters. The first-order valence-electron chi connectivity index (χ1n) is 9.57.